The van der Waals surface area contributed by atoms with Crippen molar-refractivity contribution in [3.8, 4) is 0 Å². The fourth-order valence-corrected chi connectivity index (χ4v) is 8.71. The van der Waals surface area contributed by atoms with E-state index in [9.17, 15) is 0 Å². The summed E-state index contributed by atoms with van der Waals surface area (Å²) in [5.41, 5.74) is -0.171. The van der Waals surface area contributed by atoms with Crippen LogP contribution in [0.1, 0.15) is 305 Å². The quantitative estimate of drug-likeness (QED) is 0.0621. The van der Waals surface area contributed by atoms with Crippen LogP contribution in [0.5, 0.6) is 0 Å². The molecule has 0 aromatic rings. The van der Waals surface area contributed by atoms with E-state index in [1.165, 1.54) is 257 Å². The van der Waals surface area contributed by atoms with Crippen LogP contribution in [0.15, 0.2) is 0 Å². The van der Waals surface area contributed by atoms with E-state index < -0.39 is 0 Å². The average Bonchev–Trinajstić information content (AvgIpc) is 3.19. The van der Waals surface area contributed by atoms with Crippen LogP contribution in [0, 0.1) is 5.92 Å². The van der Waals surface area contributed by atoms with Gasteiger partial charge in [-0.3, -0.25) is 0 Å². The summed E-state index contributed by atoms with van der Waals surface area (Å²) in [6, 6.07) is 0. The van der Waals surface area contributed by atoms with Crippen LogP contribution in [0.25, 0.3) is 0 Å². The Morgan fingerprint density at radius 2 is 0.667 bits per heavy atom. The zero-order valence-electron chi connectivity index (χ0n) is 41.0. The van der Waals surface area contributed by atoms with Gasteiger partial charge >= 0.3 is 0 Å². The zero-order chi connectivity index (χ0) is 41.8. The number of unbranched alkanes of at least 4 members (excludes halogenated alkanes) is 34. The van der Waals surface area contributed by atoms with Crippen molar-refractivity contribution in [1.82, 2.24) is 5.32 Å². The first-order valence-corrected chi connectivity index (χ1v) is 26.7. The molecule has 0 saturated heterocycles. The molecule has 0 heterocycles. The lowest BCUT2D eigenvalue weighted by atomic mass is 9.93. The summed E-state index contributed by atoms with van der Waals surface area (Å²) in [7, 11) is 1.80. The van der Waals surface area contributed by atoms with Gasteiger partial charge in [-0.1, -0.05) is 245 Å². The number of hydrogen-bond donors (Lipinski definition) is 1. The van der Waals surface area contributed by atoms with Crippen LogP contribution >= 0.6 is 0 Å². The predicted molar refractivity (Wildman–Crippen MR) is 258 cm³/mol. The van der Waals surface area contributed by atoms with E-state index in [0.29, 0.717) is 0 Å². The maximum Gasteiger partial charge on any atom is 0.0644 e. The monoisotopic (exact) mass is 806 g/mol. The van der Waals surface area contributed by atoms with Gasteiger partial charge in [0.15, 0.2) is 0 Å². The van der Waals surface area contributed by atoms with Crippen molar-refractivity contribution >= 4 is 0 Å². The summed E-state index contributed by atoms with van der Waals surface area (Å²) in [6.07, 6.45) is 58.6. The average molecular weight is 806 g/mol. The zero-order valence-corrected chi connectivity index (χ0v) is 41.0. The van der Waals surface area contributed by atoms with Gasteiger partial charge in [0.25, 0.3) is 0 Å². The summed E-state index contributed by atoms with van der Waals surface area (Å²) < 4.78 is 11.9. The summed E-state index contributed by atoms with van der Waals surface area (Å²) in [5.74, 6) is 0.854. The molecule has 0 fully saturated rings. The molecule has 0 radical (unpaired) electrons. The van der Waals surface area contributed by atoms with E-state index >= 15 is 0 Å². The molecule has 1 N–H and O–H groups in total. The lowest BCUT2D eigenvalue weighted by molar-refractivity contribution is -0.0616. The molecule has 0 aromatic heterocycles. The van der Waals surface area contributed by atoms with Crippen LogP contribution in [0.2, 0.25) is 0 Å². The Morgan fingerprint density at radius 3 is 0.965 bits per heavy atom. The number of ether oxygens (including phenoxy) is 2. The summed E-state index contributed by atoms with van der Waals surface area (Å²) in [6.45, 7) is 16.5. The highest BCUT2D eigenvalue weighted by molar-refractivity contribution is 4.73. The Balaban J connectivity index is 4.11. The van der Waals surface area contributed by atoms with Crippen LogP contribution in [0.3, 0.4) is 0 Å². The van der Waals surface area contributed by atoms with Gasteiger partial charge in [0.1, 0.15) is 0 Å². The maximum absolute atomic E-state index is 6.28. The van der Waals surface area contributed by atoms with Gasteiger partial charge in [0.2, 0.25) is 0 Å². The van der Waals surface area contributed by atoms with E-state index in [-0.39, 0.29) is 11.2 Å². The van der Waals surface area contributed by atoms with Crippen LogP contribution in [-0.2, 0) is 9.47 Å². The Kier molecular flexibility index (Phi) is 43.9. The molecule has 0 rings (SSSR count). The van der Waals surface area contributed by atoms with Crippen molar-refractivity contribution in [2.45, 2.75) is 316 Å². The molecule has 0 aromatic carbocycles. The van der Waals surface area contributed by atoms with Gasteiger partial charge in [0, 0.05) is 7.11 Å². The van der Waals surface area contributed by atoms with Crippen molar-refractivity contribution in [2.24, 2.45) is 5.92 Å². The molecule has 0 bridgehead atoms. The third-order valence-corrected chi connectivity index (χ3v) is 13.2. The van der Waals surface area contributed by atoms with Gasteiger partial charge in [-0.2, -0.15) is 0 Å². The van der Waals surface area contributed by atoms with Gasteiger partial charge in [-0.15, -0.1) is 0 Å². The normalized spacial score (nSPS) is 12.4. The first-order chi connectivity index (χ1) is 27.8. The van der Waals surface area contributed by atoms with E-state index in [0.717, 1.165) is 31.9 Å². The minimum atomic E-state index is -0.107. The number of methoxy groups -OCH3 is 1. The molecule has 3 nitrogen and oxygen atoms in total. The maximum atomic E-state index is 6.28. The third kappa shape index (κ3) is 45.2. The van der Waals surface area contributed by atoms with E-state index in [2.05, 4.69) is 46.9 Å². The fourth-order valence-electron chi connectivity index (χ4n) is 8.71. The second-order valence-electron chi connectivity index (χ2n) is 20.1. The Hall–Kier alpha value is -0.120. The van der Waals surface area contributed by atoms with E-state index in [4.69, 9.17) is 9.47 Å². The first-order valence-electron chi connectivity index (χ1n) is 26.7. The van der Waals surface area contributed by atoms with Crippen LogP contribution < -0.4 is 5.32 Å². The standard InChI is InChI=1S/C54H111NO2/c1-8-10-12-14-16-18-20-22-24-26-28-30-32-34-36-38-40-42-45-52(51-55-49-44-47-54(5,6)57-50-48-53(3,4)56-7)46-43-41-39-37-35-33-31-29-27-25-23-21-19-17-15-13-11-9-2/h52,55H,8-51H2,1-7H3. The number of nitrogens with one attached hydrogen (secondary N) is 1. The highest BCUT2D eigenvalue weighted by Gasteiger charge is 2.21. The molecule has 3 heteroatoms. The predicted octanol–water partition coefficient (Wildman–Crippen LogP) is 18.4. The molecule has 57 heavy (non-hydrogen) atoms. The van der Waals surface area contributed by atoms with Gasteiger partial charge in [0.05, 0.1) is 17.8 Å². The molecule has 0 saturated carbocycles. The van der Waals surface area contributed by atoms with E-state index in [1.807, 2.05) is 0 Å². The lowest BCUT2D eigenvalue weighted by Gasteiger charge is -2.29. The Morgan fingerprint density at radius 1 is 0.368 bits per heavy atom. The van der Waals surface area contributed by atoms with Crippen molar-refractivity contribution in [2.75, 3.05) is 26.8 Å². The van der Waals surface area contributed by atoms with Gasteiger partial charge in [-0.25, -0.2) is 0 Å². The topological polar surface area (TPSA) is 30.5 Å². The largest absolute Gasteiger partial charge is 0.379 e. The van der Waals surface area contributed by atoms with Crippen molar-refractivity contribution in [1.29, 1.82) is 0 Å². The highest BCUT2D eigenvalue weighted by atomic mass is 16.5. The highest BCUT2D eigenvalue weighted by Crippen LogP contribution is 2.22. The van der Waals surface area contributed by atoms with Crippen LogP contribution in [-0.4, -0.2) is 38.0 Å². The molecular formula is C54H111NO2. The molecule has 0 spiro atoms. The molecule has 0 aliphatic carbocycles. The van der Waals surface area contributed by atoms with E-state index in [1.54, 1.807) is 7.11 Å². The van der Waals surface area contributed by atoms with Crippen molar-refractivity contribution in [3.63, 3.8) is 0 Å². The molecule has 0 amide bonds. The molecule has 0 atom stereocenters. The Bertz CT molecular complexity index is 710. The van der Waals surface area contributed by atoms with Gasteiger partial charge in [-0.05, 0) is 78.8 Å². The molecular weight excluding hydrogens is 695 g/mol. The molecule has 0 aliphatic heterocycles. The van der Waals surface area contributed by atoms with Crippen molar-refractivity contribution < 1.29 is 9.47 Å². The SMILES string of the molecule is CCCCCCCCCCCCCCCCCCCCC(CCCCCCCCCCCCCCCCCCCC)CNCCCC(C)(C)OCCC(C)(C)OC. The second-order valence-corrected chi connectivity index (χ2v) is 20.1. The molecule has 0 unspecified atom stereocenters. The smallest absolute Gasteiger partial charge is 0.0644 e. The minimum Gasteiger partial charge on any atom is -0.379 e. The summed E-state index contributed by atoms with van der Waals surface area (Å²) in [4.78, 5) is 0. The van der Waals surface area contributed by atoms with Gasteiger partial charge < -0.3 is 14.8 Å². The molecule has 0 aliphatic rings. The summed E-state index contributed by atoms with van der Waals surface area (Å²) in [5, 5.41) is 3.89. The second kappa shape index (κ2) is 44.0. The Labute approximate surface area is 362 Å². The molecule has 344 valence electrons. The van der Waals surface area contributed by atoms with Crippen molar-refractivity contribution in [3.05, 3.63) is 0 Å². The minimum absolute atomic E-state index is 0.0647. The third-order valence-electron chi connectivity index (χ3n) is 13.2. The lowest BCUT2D eigenvalue weighted by Crippen LogP contribution is -2.31. The summed E-state index contributed by atoms with van der Waals surface area (Å²) >= 11 is 0. The fraction of sp³-hybridized carbons (Fsp3) is 1.00. The first kappa shape index (κ1) is 56.9. The van der Waals surface area contributed by atoms with Crippen LogP contribution in [0.4, 0.5) is 0 Å². The number of rotatable bonds is 49. The number of hydrogen-bond acceptors (Lipinski definition) is 3.